The average Bonchev–Trinajstić information content (AvgIpc) is 2.82. The van der Waals surface area contributed by atoms with Crippen molar-refractivity contribution in [2.24, 2.45) is 0 Å². The van der Waals surface area contributed by atoms with Crippen LogP contribution in [0.3, 0.4) is 0 Å². The van der Waals surface area contributed by atoms with Gasteiger partial charge in [0.1, 0.15) is 6.04 Å². The third-order valence-corrected chi connectivity index (χ3v) is 5.15. The number of ether oxygens (including phenoxy) is 1. The van der Waals surface area contributed by atoms with E-state index in [9.17, 15) is 14.4 Å². The van der Waals surface area contributed by atoms with Crippen LogP contribution in [0.5, 0.6) is 0 Å². The molecule has 2 aromatic carbocycles. The molecule has 0 aliphatic rings. The van der Waals surface area contributed by atoms with E-state index in [-0.39, 0.29) is 31.2 Å². The van der Waals surface area contributed by atoms with Gasteiger partial charge in [-0.2, -0.15) is 0 Å². The van der Waals surface area contributed by atoms with Gasteiger partial charge in [0.2, 0.25) is 11.8 Å². The molecule has 7 heteroatoms. The zero-order chi connectivity index (χ0) is 22.9. The van der Waals surface area contributed by atoms with E-state index in [1.807, 2.05) is 73.7 Å². The Hall–Kier alpha value is -3.74. The minimum atomic E-state index is -0.882. The van der Waals surface area contributed by atoms with E-state index in [2.05, 4.69) is 15.6 Å². The molecule has 0 fully saturated rings. The van der Waals surface area contributed by atoms with Crippen LogP contribution in [0, 0.1) is 0 Å². The number of benzene rings is 2. The molecule has 0 saturated carbocycles. The highest BCUT2D eigenvalue weighted by atomic mass is 16.5. The molecule has 3 aromatic rings. The van der Waals surface area contributed by atoms with E-state index in [4.69, 9.17) is 4.74 Å². The highest BCUT2D eigenvalue weighted by Gasteiger charge is 2.23. The Morgan fingerprint density at radius 1 is 0.875 bits per heavy atom. The van der Waals surface area contributed by atoms with E-state index in [0.717, 1.165) is 16.5 Å². The van der Waals surface area contributed by atoms with Gasteiger partial charge in [-0.15, -0.1) is 0 Å². The maximum Gasteiger partial charge on any atom is 0.328 e. The Bertz CT molecular complexity index is 1080. The van der Waals surface area contributed by atoms with Crippen LogP contribution < -0.4 is 10.6 Å². The lowest BCUT2D eigenvalue weighted by Gasteiger charge is -2.17. The van der Waals surface area contributed by atoms with E-state index >= 15 is 0 Å². The Morgan fingerprint density at radius 2 is 1.53 bits per heavy atom. The van der Waals surface area contributed by atoms with Crippen molar-refractivity contribution in [3.8, 4) is 0 Å². The molecule has 0 unspecified atom stereocenters. The van der Waals surface area contributed by atoms with Gasteiger partial charge in [-0.05, 0) is 24.6 Å². The van der Waals surface area contributed by atoms with Crippen LogP contribution in [0.15, 0.2) is 66.7 Å². The number of para-hydroxylation sites is 1. The lowest BCUT2D eigenvalue weighted by molar-refractivity contribution is -0.145. The summed E-state index contributed by atoms with van der Waals surface area (Å²) in [4.78, 5) is 41.4. The van der Waals surface area contributed by atoms with E-state index < -0.39 is 17.9 Å². The summed E-state index contributed by atoms with van der Waals surface area (Å²) in [7, 11) is 1.27. The molecule has 0 spiro atoms. The van der Waals surface area contributed by atoms with Crippen molar-refractivity contribution >= 4 is 28.7 Å². The molecule has 7 nitrogen and oxygen atoms in total. The van der Waals surface area contributed by atoms with E-state index in [0.29, 0.717) is 5.69 Å². The molecular formula is C25H27N3O4. The smallest absolute Gasteiger partial charge is 0.328 e. The molecule has 2 atom stereocenters. The van der Waals surface area contributed by atoms with Crippen molar-refractivity contribution in [1.82, 2.24) is 15.6 Å². The van der Waals surface area contributed by atoms with Gasteiger partial charge < -0.3 is 15.4 Å². The van der Waals surface area contributed by atoms with Crippen LogP contribution in [-0.2, 0) is 25.5 Å². The van der Waals surface area contributed by atoms with Gasteiger partial charge in [0.15, 0.2) is 0 Å². The predicted octanol–water partition coefficient (Wildman–Crippen LogP) is 3.09. The molecule has 0 aliphatic carbocycles. The third kappa shape index (κ3) is 6.38. The Balaban J connectivity index is 1.54. The minimum absolute atomic E-state index is 0.0190. The van der Waals surface area contributed by atoms with Crippen molar-refractivity contribution in [2.45, 2.75) is 38.3 Å². The first-order valence-corrected chi connectivity index (χ1v) is 10.5. The number of fused-ring (bicyclic) bond motifs is 1. The predicted molar refractivity (Wildman–Crippen MR) is 122 cm³/mol. The number of hydrogen-bond donors (Lipinski definition) is 2. The standard InChI is InChI=1S/C25H27N3O4/c1-17(18-8-4-3-5-9-18)26-23(29)14-15-24(30)28-22(25(31)32-2)16-20-13-12-19-10-6-7-11-21(19)27-20/h3-13,17,22H,14-16H2,1-2H3,(H,26,29)(H,28,30)/t17-,22+/m1/s1. The van der Waals surface area contributed by atoms with Gasteiger partial charge in [0, 0.05) is 30.3 Å². The number of nitrogens with zero attached hydrogens (tertiary/aromatic N) is 1. The SMILES string of the molecule is COC(=O)[C@H](Cc1ccc2ccccc2n1)NC(=O)CCC(=O)N[C@H](C)c1ccccc1. The number of pyridine rings is 1. The Kier molecular flexibility index (Phi) is 7.91. The van der Waals surface area contributed by atoms with Crippen molar-refractivity contribution in [3.05, 3.63) is 78.0 Å². The molecule has 1 aromatic heterocycles. The second-order valence-corrected chi connectivity index (χ2v) is 7.54. The zero-order valence-corrected chi connectivity index (χ0v) is 18.2. The van der Waals surface area contributed by atoms with Gasteiger partial charge in [-0.3, -0.25) is 14.6 Å². The van der Waals surface area contributed by atoms with Crippen LogP contribution in [0.1, 0.15) is 37.1 Å². The number of nitrogens with one attached hydrogen (secondary N) is 2. The fourth-order valence-corrected chi connectivity index (χ4v) is 3.40. The quantitative estimate of drug-likeness (QED) is 0.506. The summed E-state index contributed by atoms with van der Waals surface area (Å²) in [6, 6.07) is 19.9. The maximum atomic E-state index is 12.4. The lowest BCUT2D eigenvalue weighted by atomic mass is 10.1. The normalized spacial score (nSPS) is 12.6. The molecule has 0 radical (unpaired) electrons. The topological polar surface area (TPSA) is 97.4 Å². The first-order chi connectivity index (χ1) is 15.5. The summed E-state index contributed by atoms with van der Waals surface area (Å²) in [5, 5.41) is 6.54. The van der Waals surface area contributed by atoms with Crippen LogP contribution in [0.2, 0.25) is 0 Å². The molecular weight excluding hydrogens is 406 g/mol. The summed E-state index contributed by atoms with van der Waals surface area (Å²) in [6.45, 7) is 1.89. The molecule has 2 amide bonds. The highest BCUT2D eigenvalue weighted by molar-refractivity contribution is 5.87. The number of aromatic nitrogens is 1. The van der Waals surface area contributed by atoms with Gasteiger partial charge in [0.25, 0.3) is 0 Å². The number of amides is 2. The van der Waals surface area contributed by atoms with Crippen molar-refractivity contribution in [2.75, 3.05) is 7.11 Å². The summed E-state index contributed by atoms with van der Waals surface area (Å²) >= 11 is 0. The maximum absolute atomic E-state index is 12.4. The summed E-state index contributed by atoms with van der Waals surface area (Å²) in [5.74, 6) is -1.19. The molecule has 0 aliphatic heterocycles. The van der Waals surface area contributed by atoms with Gasteiger partial charge >= 0.3 is 5.97 Å². The van der Waals surface area contributed by atoms with Crippen LogP contribution in [0.25, 0.3) is 10.9 Å². The van der Waals surface area contributed by atoms with E-state index in [1.54, 1.807) is 0 Å². The van der Waals surface area contributed by atoms with Crippen molar-refractivity contribution < 1.29 is 19.1 Å². The molecule has 32 heavy (non-hydrogen) atoms. The van der Waals surface area contributed by atoms with Crippen LogP contribution in [-0.4, -0.2) is 35.9 Å². The van der Waals surface area contributed by atoms with Crippen LogP contribution >= 0.6 is 0 Å². The lowest BCUT2D eigenvalue weighted by Crippen LogP contribution is -2.43. The average molecular weight is 434 g/mol. The van der Waals surface area contributed by atoms with Gasteiger partial charge in [0.05, 0.1) is 18.7 Å². The zero-order valence-electron chi connectivity index (χ0n) is 18.2. The molecule has 166 valence electrons. The molecule has 3 rings (SSSR count). The fourth-order valence-electron chi connectivity index (χ4n) is 3.40. The first-order valence-electron chi connectivity index (χ1n) is 10.5. The Labute approximate surface area is 187 Å². The summed E-state index contributed by atoms with van der Waals surface area (Å²) in [5.41, 5.74) is 2.46. The second kappa shape index (κ2) is 11.0. The second-order valence-electron chi connectivity index (χ2n) is 7.54. The van der Waals surface area contributed by atoms with E-state index in [1.165, 1.54) is 7.11 Å². The highest BCUT2D eigenvalue weighted by Crippen LogP contribution is 2.14. The summed E-state index contributed by atoms with van der Waals surface area (Å²) < 4.78 is 4.84. The number of carbonyl (C=O) groups is 3. The number of carbonyl (C=O) groups excluding carboxylic acids is 3. The van der Waals surface area contributed by atoms with Crippen molar-refractivity contribution in [3.63, 3.8) is 0 Å². The number of esters is 1. The molecule has 0 saturated heterocycles. The third-order valence-electron chi connectivity index (χ3n) is 5.15. The molecule has 0 bridgehead atoms. The van der Waals surface area contributed by atoms with Gasteiger partial charge in [-0.1, -0.05) is 54.6 Å². The number of rotatable bonds is 9. The van der Waals surface area contributed by atoms with Crippen LogP contribution in [0.4, 0.5) is 0 Å². The monoisotopic (exact) mass is 433 g/mol. The minimum Gasteiger partial charge on any atom is -0.467 e. The summed E-state index contributed by atoms with van der Waals surface area (Å²) in [6.07, 6.45) is 0.178. The molecule has 1 heterocycles. The first kappa shape index (κ1) is 22.9. The molecule has 2 N–H and O–H groups in total. The van der Waals surface area contributed by atoms with Crippen molar-refractivity contribution in [1.29, 1.82) is 0 Å². The number of methoxy groups -OCH3 is 1. The van der Waals surface area contributed by atoms with Gasteiger partial charge in [-0.25, -0.2) is 4.79 Å². The fraction of sp³-hybridized carbons (Fsp3) is 0.280. The number of hydrogen-bond acceptors (Lipinski definition) is 5. The Morgan fingerprint density at radius 3 is 2.25 bits per heavy atom. The largest absolute Gasteiger partial charge is 0.467 e.